The highest BCUT2D eigenvalue weighted by atomic mass is 16.3. The zero-order chi connectivity index (χ0) is 15.2. The van der Waals surface area contributed by atoms with Crippen LogP contribution < -0.4 is 5.32 Å². The maximum absolute atomic E-state index is 11.9. The minimum atomic E-state index is -0.190. The van der Waals surface area contributed by atoms with Gasteiger partial charge in [-0.2, -0.15) is 5.10 Å². The highest BCUT2D eigenvalue weighted by Gasteiger charge is 2.17. The predicted octanol–water partition coefficient (Wildman–Crippen LogP) is 2.49. The lowest BCUT2D eigenvalue weighted by molar-refractivity contribution is -0.116. The summed E-state index contributed by atoms with van der Waals surface area (Å²) in [5, 5.41) is 7.06. The molecular formula is C16H15N3O3. The summed E-state index contributed by atoms with van der Waals surface area (Å²) >= 11 is 0. The number of nitrogens with one attached hydrogen (secondary N) is 1. The predicted molar refractivity (Wildman–Crippen MR) is 79.8 cm³/mol. The van der Waals surface area contributed by atoms with Crippen molar-refractivity contribution in [2.75, 3.05) is 6.54 Å². The Hall–Kier alpha value is -3.02. The van der Waals surface area contributed by atoms with Crippen LogP contribution in [0.4, 0.5) is 0 Å². The quantitative estimate of drug-likeness (QED) is 0.709. The SMILES string of the molecule is O=C(C=Cc1ccoc1)NCC(c1ccco1)n1cccn1. The average Bonchev–Trinajstić information content (AvgIpc) is 3.27. The minimum absolute atomic E-state index is 0.184. The summed E-state index contributed by atoms with van der Waals surface area (Å²) in [6.45, 7) is 0.379. The first kappa shape index (κ1) is 13.9. The van der Waals surface area contributed by atoms with E-state index in [1.165, 1.54) is 6.08 Å². The van der Waals surface area contributed by atoms with Gasteiger partial charge in [-0.15, -0.1) is 0 Å². The van der Waals surface area contributed by atoms with Gasteiger partial charge in [0.25, 0.3) is 0 Å². The van der Waals surface area contributed by atoms with E-state index in [9.17, 15) is 4.79 Å². The molecule has 0 aromatic carbocycles. The smallest absolute Gasteiger partial charge is 0.244 e. The summed E-state index contributed by atoms with van der Waals surface area (Å²) < 4.78 is 12.1. The van der Waals surface area contributed by atoms with Gasteiger partial charge in [-0.25, -0.2) is 0 Å². The van der Waals surface area contributed by atoms with Crippen molar-refractivity contribution in [3.8, 4) is 0 Å². The third-order valence-electron chi connectivity index (χ3n) is 3.16. The molecule has 6 nitrogen and oxygen atoms in total. The van der Waals surface area contributed by atoms with Crippen molar-refractivity contribution in [3.63, 3.8) is 0 Å². The van der Waals surface area contributed by atoms with Gasteiger partial charge < -0.3 is 14.2 Å². The largest absolute Gasteiger partial charge is 0.472 e. The topological polar surface area (TPSA) is 73.2 Å². The second-order valence-corrected chi connectivity index (χ2v) is 4.65. The fourth-order valence-electron chi connectivity index (χ4n) is 2.07. The molecule has 3 aromatic rings. The van der Waals surface area contributed by atoms with Gasteiger partial charge in [-0.05, 0) is 30.3 Å². The van der Waals surface area contributed by atoms with Gasteiger partial charge in [0.2, 0.25) is 5.91 Å². The Balaban J connectivity index is 1.63. The van der Waals surface area contributed by atoms with Crippen LogP contribution in [0, 0.1) is 0 Å². The number of hydrogen-bond donors (Lipinski definition) is 1. The number of aromatic nitrogens is 2. The lowest BCUT2D eigenvalue weighted by atomic mass is 10.2. The Kier molecular flexibility index (Phi) is 4.20. The van der Waals surface area contributed by atoms with Crippen LogP contribution in [0.2, 0.25) is 0 Å². The Morgan fingerprint density at radius 2 is 2.32 bits per heavy atom. The standard InChI is InChI=1S/C16H15N3O3/c20-16(5-4-13-6-10-21-12-13)17-11-14(15-3-1-9-22-15)19-8-2-7-18-19/h1-10,12,14H,11H2,(H,17,20). The van der Waals surface area contributed by atoms with Gasteiger partial charge in [0.05, 0.1) is 18.8 Å². The Bertz CT molecular complexity index is 679. The van der Waals surface area contributed by atoms with E-state index in [1.807, 2.05) is 24.4 Å². The second-order valence-electron chi connectivity index (χ2n) is 4.65. The first-order chi connectivity index (χ1) is 10.8. The second kappa shape index (κ2) is 6.62. The van der Waals surface area contributed by atoms with Crippen molar-refractivity contribution < 1.29 is 13.6 Å². The van der Waals surface area contributed by atoms with Crippen molar-refractivity contribution in [1.82, 2.24) is 15.1 Å². The van der Waals surface area contributed by atoms with Gasteiger partial charge in [-0.3, -0.25) is 9.48 Å². The molecule has 1 atom stereocenters. The van der Waals surface area contributed by atoms with Crippen LogP contribution in [0.25, 0.3) is 6.08 Å². The molecule has 0 aliphatic heterocycles. The van der Waals surface area contributed by atoms with E-state index in [-0.39, 0.29) is 11.9 Å². The molecule has 0 bridgehead atoms. The van der Waals surface area contributed by atoms with Crippen LogP contribution in [0.15, 0.2) is 70.4 Å². The molecule has 3 heterocycles. The number of amides is 1. The third kappa shape index (κ3) is 3.35. The normalized spacial score (nSPS) is 12.5. The molecule has 3 rings (SSSR count). The van der Waals surface area contributed by atoms with E-state index in [0.29, 0.717) is 6.54 Å². The number of rotatable bonds is 6. The fourth-order valence-corrected chi connectivity index (χ4v) is 2.07. The van der Waals surface area contributed by atoms with Crippen molar-refractivity contribution in [2.45, 2.75) is 6.04 Å². The summed E-state index contributed by atoms with van der Waals surface area (Å²) in [5.74, 6) is 0.549. The maximum Gasteiger partial charge on any atom is 0.244 e. The van der Waals surface area contributed by atoms with E-state index >= 15 is 0 Å². The number of nitrogens with zero attached hydrogens (tertiary/aromatic N) is 2. The van der Waals surface area contributed by atoms with Crippen LogP contribution in [-0.2, 0) is 4.79 Å². The summed E-state index contributed by atoms with van der Waals surface area (Å²) in [6.07, 6.45) is 11.4. The van der Waals surface area contributed by atoms with E-state index in [4.69, 9.17) is 8.83 Å². The van der Waals surface area contributed by atoms with Crippen molar-refractivity contribution in [1.29, 1.82) is 0 Å². The zero-order valence-electron chi connectivity index (χ0n) is 11.8. The fraction of sp³-hybridized carbons (Fsp3) is 0.125. The van der Waals surface area contributed by atoms with Gasteiger partial charge >= 0.3 is 0 Å². The molecule has 1 N–H and O–H groups in total. The van der Waals surface area contributed by atoms with Crippen LogP contribution in [0.3, 0.4) is 0 Å². The molecule has 0 fully saturated rings. The molecule has 0 saturated carbocycles. The number of carbonyl (C=O) groups excluding carboxylic acids is 1. The summed E-state index contributed by atoms with van der Waals surface area (Å²) in [7, 11) is 0. The first-order valence-corrected chi connectivity index (χ1v) is 6.83. The lowest BCUT2D eigenvalue weighted by Gasteiger charge is -2.15. The molecule has 112 valence electrons. The molecule has 1 amide bonds. The summed E-state index contributed by atoms with van der Waals surface area (Å²) in [4.78, 5) is 11.9. The number of hydrogen-bond acceptors (Lipinski definition) is 4. The molecule has 0 aliphatic rings. The molecule has 0 saturated heterocycles. The minimum Gasteiger partial charge on any atom is -0.472 e. The maximum atomic E-state index is 11.9. The third-order valence-corrected chi connectivity index (χ3v) is 3.16. The molecule has 3 aromatic heterocycles. The Labute approximate surface area is 127 Å². The highest BCUT2D eigenvalue weighted by Crippen LogP contribution is 2.17. The lowest BCUT2D eigenvalue weighted by Crippen LogP contribution is -2.30. The molecule has 1 unspecified atom stereocenters. The van der Waals surface area contributed by atoms with Crippen LogP contribution in [0.5, 0.6) is 0 Å². The molecule has 0 radical (unpaired) electrons. The molecule has 0 aliphatic carbocycles. The Morgan fingerprint density at radius 3 is 3.00 bits per heavy atom. The molecule has 22 heavy (non-hydrogen) atoms. The molecule has 6 heteroatoms. The van der Waals surface area contributed by atoms with Gasteiger partial charge in [0, 0.05) is 30.6 Å². The highest BCUT2D eigenvalue weighted by molar-refractivity contribution is 5.91. The van der Waals surface area contributed by atoms with E-state index in [0.717, 1.165) is 11.3 Å². The van der Waals surface area contributed by atoms with Gasteiger partial charge in [0.1, 0.15) is 11.8 Å². The van der Waals surface area contributed by atoms with Crippen molar-refractivity contribution in [2.24, 2.45) is 0 Å². The zero-order valence-corrected chi connectivity index (χ0v) is 11.8. The van der Waals surface area contributed by atoms with Crippen LogP contribution in [0.1, 0.15) is 17.4 Å². The number of furan rings is 2. The number of carbonyl (C=O) groups is 1. The van der Waals surface area contributed by atoms with Gasteiger partial charge in [0.15, 0.2) is 0 Å². The van der Waals surface area contributed by atoms with E-state index in [2.05, 4.69) is 10.4 Å². The van der Waals surface area contributed by atoms with Gasteiger partial charge in [-0.1, -0.05) is 0 Å². The average molecular weight is 297 g/mol. The van der Waals surface area contributed by atoms with Crippen LogP contribution in [-0.4, -0.2) is 22.2 Å². The summed E-state index contributed by atoms with van der Waals surface area (Å²) in [6, 6.07) is 7.10. The van der Waals surface area contributed by atoms with E-state index in [1.54, 1.807) is 41.8 Å². The van der Waals surface area contributed by atoms with Crippen molar-refractivity contribution >= 4 is 12.0 Å². The monoisotopic (exact) mass is 297 g/mol. The van der Waals surface area contributed by atoms with E-state index < -0.39 is 0 Å². The summed E-state index contributed by atoms with van der Waals surface area (Å²) in [5.41, 5.74) is 0.838. The first-order valence-electron chi connectivity index (χ1n) is 6.83. The molecule has 0 spiro atoms. The van der Waals surface area contributed by atoms with Crippen molar-refractivity contribution in [3.05, 3.63) is 72.8 Å². The van der Waals surface area contributed by atoms with Crippen LogP contribution >= 0.6 is 0 Å². The molecular weight excluding hydrogens is 282 g/mol. The Morgan fingerprint density at radius 1 is 1.36 bits per heavy atom.